The van der Waals surface area contributed by atoms with Gasteiger partial charge >= 0.3 is 0 Å². The van der Waals surface area contributed by atoms with Gasteiger partial charge in [0.25, 0.3) is 0 Å². The van der Waals surface area contributed by atoms with E-state index >= 15 is 0 Å². The van der Waals surface area contributed by atoms with Gasteiger partial charge in [-0.05, 0) is 118 Å². The van der Waals surface area contributed by atoms with Crippen LogP contribution in [-0.4, -0.2) is 46.1 Å². The number of hydrogen-bond donors (Lipinski definition) is 4. The molecule has 7 rings (SSSR count). The SMILES string of the molecule is CCCCOc1c2cc(C(C)(C)C)cc1Cc1cc(N=Cc3cc(O)ccc3Br)cc(c1O)Cc1cc(C(C)(C)C)cc(c1OCCCC)Cc1cc(N=Cc3cc(O)ccc3Br)cc(c1O)C2. The molecule has 6 aromatic rings. The minimum absolute atomic E-state index is 0.134. The molecule has 0 atom stereocenters. The number of halogens is 2. The lowest BCUT2D eigenvalue weighted by atomic mass is 9.81. The Hall–Kier alpha value is -5.58. The second kappa shape index (κ2) is 21.4. The van der Waals surface area contributed by atoms with Gasteiger partial charge in [0.05, 0.1) is 24.6 Å². The number of rotatable bonds is 12. The van der Waals surface area contributed by atoms with Gasteiger partial charge in [-0.2, -0.15) is 0 Å². The van der Waals surface area contributed by atoms with Crippen molar-refractivity contribution in [1.82, 2.24) is 0 Å². The van der Waals surface area contributed by atoms with Crippen molar-refractivity contribution in [2.45, 2.75) is 118 Å². The van der Waals surface area contributed by atoms with Gasteiger partial charge in [-0.3, -0.25) is 9.98 Å². The van der Waals surface area contributed by atoms with Crippen molar-refractivity contribution in [1.29, 1.82) is 0 Å². The molecule has 0 amide bonds. The Morgan fingerprint density at radius 1 is 0.485 bits per heavy atom. The number of aromatic hydroxyl groups is 4. The van der Waals surface area contributed by atoms with Crippen LogP contribution in [0.25, 0.3) is 0 Å². The summed E-state index contributed by atoms with van der Waals surface area (Å²) in [7, 11) is 0. The van der Waals surface area contributed by atoms with E-state index in [1.54, 1.807) is 48.8 Å². The topological polar surface area (TPSA) is 124 Å². The molecule has 10 heteroatoms. The summed E-state index contributed by atoms with van der Waals surface area (Å²) in [5.74, 6) is 2.08. The molecule has 1 aliphatic rings. The Bertz CT molecular complexity index is 2580. The molecule has 6 aromatic carbocycles. The van der Waals surface area contributed by atoms with E-state index in [0.29, 0.717) is 83.7 Å². The van der Waals surface area contributed by atoms with Crippen molar-refractivity contribution in [2.75, 3.05) is 13.2 Å². The highest BCUT2D eigenvalue weighted by molar-refractivity contribution is 9.10. The molecular formula is C58H64Br2N2O6. The Morgan fingerprint density at radius 2 is 0.809 bits per heavy atom. The molecule has 356 valence electrons. The van der Waals surface area contributed by atoms with E-state index in [1.165, 1.54) is 0 Å². The van der Waals surface area contributed by atoms with Gasteiger partial charge in [0.15, 0.2) is 0 Å². The van der Waals surface area contributed by atoms with E-state index in [4.69, 9.17) is 19.5 Å². The van der Waals surface area contributed by atoms with Gasteiger partial charge in [0.1, 0.15) is 34.5 Å². The molecule has 4 N–H and O–H groups in total. The van der Waals surface area contributed by atoms with Crippen LogP contribution in [0.5, 0.6) is 34.5 Å². The van der Waals surface area contributed by atoms with Gasteiger partial charge in [0.2, 0.25) is 0 Å². The van der Waals surface area contributed by atoms with Crippen LogP contribution >= 0.6 is 31.9 Å². The Labute approximate surface area is 419 Å². The van der Waals surface area contributed by atoms with Crippen LogP contribution in [0.2, 0.25) is 0 Å². The van der Waals surface area contributed by atoms with Crippen molar-refractivity contribution in [3.8, 4) is 34.5 Å². The molecular weight excluding hydrogens is 980 g/mol. The molecule has 0 saturated carbocycles. The summed E-state index contributed by atoms with van der Waals surface area (Å²) < 4.78 is 15.2. The Kier molecular flexibility index (Phi) is 15.8. The van der Waals surface area contributed by atoms with Crippen molar-refractivity contribution in [2.24, 2.45) is 9.98 Å². The fourth-order valence-corrected chi connectivity index (χ4v) is 9.15. The third-order valence-electron chi connectivity index (χ3n) is 12.4. The minimum atomic E-state index is -0.254. The number of fused-ring (bicyclic) bond motifs is 8. The number of unbranched alkanes of at least 4 members (excludes halogenated alkanes) is 2. The lowest BCUT2D eigenvalue weighted by Crippen LogP contribution is -2.15. The number of hydrogen-bond acceptors (Lipinski definition) is 8. The maximum Gasteiger partial charge on any atom is 0.126 e. The van der Waals surface area contributed by atoms with Gasteiger partial charge in [-0.25, -0.2) is 0 Å². The fourth-order valence-electron chi connectivity index (χ4n) is 8.45. The maximum absolute atomic E-state index is 12.6. The number of phenolic OH excluding ortho intramolecular Hbond substituents is 4. The first-order chi connectivity index (χ1) is 32.3. The first kappa shape index (κ1) is 50.3. The number of nitrogens with zero attached hydrogens (tertiary/aromatic N) is 2. The number of phenols is 4. The normalized spacial score (nSPS) is 13.1. The van der Waals surface area contributed by atoms with Crippen LogP contribution in [0.15, 0.2) is 104 Å². The van der Waals surface area contributed by atoms with E-state index in [2.05, 4.69) is 112 Å². The van der Waals surface area contributed by atoms with Gasteiger partial charge < -0.3 is 29.9 Å². The van der Waals surface area contributed by atoms with Gasteiger partial charge in [-0.1, -0.05) is 124 Å². The average molecular weight is 1040 g/mol. The summed E-state index contributed by atoms with van der Waals surface area (Å²) in [6.45, 7) is 18.4. The van der Waals surface area contributed by atoms with Gasteiger partial charge in [-0.15, -0.1) is 0 Å². The highest BCUT2D eigenvalue weighted by atomic mass is 79.9. The number of benzene rings is 6. The zero-order chi connectivity index (χ0) is 48.9. The predicted octanol–water partition coefficient (Wildman–Crippen LogP) is 15.2. The second-order valence-electron chi connectivity index (χ2n) is 20.0. The highest BCUT2D eigenvalue weighted by Crippen LogP contribution is 2.44. The fraction of sp³-hybridized carbons (Fsp3) is 0.345. The Morgan fingerprint density at radius 3 is 1.10 bits per heavy atom. The second-order valence-corrected chi connectivity index (χ2v) is 21.7. The predicted molar refractivity (Wildman–Crippen MR) is 285 cm³/mol. The summed E-state index contributed by atoms with van der Waals surface area (Å²) in [4.78, 5) is 9.95. The molecule has 0 unspecified atom stereocenters. The molecule has 0 spiro atoms. The van der Waals surface area contributed by atoms with Crippen molar-refractivity contribution in [3.05, 3.63) is 161 Å². The summed E-state index contributed by atoms with van der Waals surface area (Å²) in [5.41, 5.74) is 10.8. The molecule has 0 aliphatic heterocycles. The minimum Gasteiger partial charge on any atom is -0.508 e. The van der Waals surface area contributed by atoms with Crippen LogP contribution in [0, 0.1) is 0 Å². The largest absolute Gasteiger partial charge is 0.508 e. The van der Waals surface area contributed by atoms with E-state index < -0.39 is 0 Å². The van der Waals surface area contributed by atoms with Crippen LogP contribution in [-0.2, 0) is 36.5 Å². The summed E-state index contributed by atoms with van der Waals surface area (Å²) in [6, 6.07) is 26.7. The number of aliphatic imine (C=N–C) groups is 2. The first-order valence-corrected chi connectivity index (χ1v) is 25.2. The molecule has 0 saturated heterocycles. The highest BCUT2D eigenvalue weighted by Gasteiger charge is 2.27. The van der Waals surface area contributed by atoms with Crippen LogP contribution in [0.3, 0.4) is 0 Å². The smallest absolute Gasteiger partial charge is 0.126 e. The van der Waals surface area contributed by atoms with Crippen LogP contribution in [0.1, 0.15) is 148 Å². The molecule has 0 radical (unpaired) electrons. The summed E-state index contributed by atoms with van der Waals surface area (Å²) in [5, 5.41) is 45.9. The monoisotopic (exact) mass is 1040 g/mol. The maximum atomic E-state index is 12.6. The van der Waals surface area contributed by atoms with Crippen LogP contribution in [0.4, 0.5) is 11.4 Å². The zero-order valence-corrected chi connectivity index (χ0v) is 43.7. The van der Waals surface area contributed by atoms with Crippen LogP contribution < -0.4 is 9.47 Å². The number of ether oxygens (including phenoxy) is 2. The molecule has 0 heterocycles. The van der Waals surface area contributed by atoms with Crippen molar-refractivity contribution < 1.29 is 29.9 Å². The molecule has 8 nitrogen and oxygen atoms in total. The summed E-state index contributed by atoms with van der Waals surface area (Å²) in [6.07, 6.45) is 8.41. The molecule has 1 aliphatic carbocycles. The van der Waals surface area contributed by atoms with E-state index in [-0.39, 0.29) is 33.8 Å². The first-order valence-electron chi connectivity index (χ1n) is 23.6. The summed E-state index contributed by atoms with van der Waals surface area (Å²) >= 11 is 7.23. The molecule has 68 heavy (non-hydrogen) atoms. The van der Waals surface area contributed by atoms with Crippen molar-refractivity contribution in [3.63, 3.8) is 0 Å². The standard InChI is InChI=1S/C58H64Br2N2O6/c1-9-11-17-67-55-39-19-35-27-47(61-33-43-31-49(63)13-15-51(43)59)29-37(53(35)65)21-41-25-46(58(6,7)8)26-42(56(41)68-18-12-10-2)22-38-30-48(62-34-44-32-50(64)14-16-52(44)60)28-36(54(38)66)20-40(55)24-45(23-39)57(3,4)5/h13-16,23-34,63-66H,9-12,17-22H2,1-8H3. The third-order valence-corrected chi connectivity index (χ3v) is 13.8. The molecule has 0 fully saturated rings. The Balaban J connectivity index is 1.54. The third kappa shape index (κ3) is 12.2. The van der Waals surface area contributed by atoms with E-state index in [9.17, 15) is 20.4 Å². The lowest BCUT2D eigenvalue weighted by molar-refractivity contribution is 0.303. The quantitative estimate of drug-likeness (QED) is 0.0714. The molecule has 0 aromatic heterocycles. The molecule has 8 bridgehead atoms. The van der Waals surface area contributed by atoms with Crippen molar-refractivity contribution >= 4 is 55.7 Å². The van der Waals surface area contributed by atoms with Gasteiger partial charge in [0, 0.05) is 80.4 Å². The average Bonchev–Trinajstić information content (AvgIpc) is 3.27. The van der Waals surface area contributed by atoms with E-state index in [0.717, 1.165) is 79.5 Å². The lowest BCUT2D eigenvalue weighted by Gasteiger charge is -2.26. The van der Waals surface area contributed by atoms with E-state index in [1.807, 2.05) is 24.3 Å². The zero-order valence-electron chi connectivity index (χ0n) is 40.6.